The van der Waals surface area contributed by atoms with Crippen LogP contribution < -0.4 is 0 Å². The number of nitro benzene ring substituents is 1. The van der Waals surface area contributed by atoms with Gasteiger partial charge in [-0.1, -0.05) is 21.9 Å². The predicted octanol–water partition coefficient (Wildman–Crippen LogP) is 2.86. The first-order chi connectivity index (χ1) is 5.93. The highest BCUT2D eigenvalue weighted by Crippen LogP contribution is 2.55. The summed E-state index contributed by atoms with van der Waals surface area (Å²) in [5.74, 6) is 0. The van der Waals surface area contributed by atoms with E-state index < -0.39 is 20.4 Å². The quantitative estimate of drug-likeness (QED) is 0.597. The topological polar surface area (TPSA) is 83.6 Å². The van der Waals surface area contributed by atoms with Crippen molar-refractivity contribution in [3.05, 3.63) is 34.4 Å². The number of rotatable bonds is 2. The Morgan fingerprint density at radius 3 is 2.31 bits per heavy atom. The van der Waals surface area contributed by atoms with Gasteiger partial charge in [-0.15, -0.1) is 0 Å². The number of hydrogen-bond acceptors (Lipinski definition) is 4. The van der Waals surface area contributed by atoms with Crippen molar-refractivity contribution >= 4 is 26.2 Å². The van der Waals surface area contributed by atoms with E-state index in [2.05, 4.69) is 0 Å². The largest absolute Gasteiger partial charge is 0.293 e. The molecule has 0 aliphatic rings. The SMILES string of the molecule is O=[N+]([O-])c1ccccc1S(O)(O)Cl. The highest BCUT2D eigenvalue weighted by atomic mass is 35.7. The molecule has 0 bridgehead atoms. The standard InChI is InChI=1S/C6H6ClNO4S/c7-13(11,12)6-4-2-1-3-5(6)8(9)10/h1-4,11-12H. The fourth-order valence-electron chi connectivity index (χ4n) is 0.828. The van der Waals surface area contributed by atoms with Crippen LogP contribution in [0.15, 0.2) is 29.2 Å². The van der Waals surface area contributed by atoms with E-state index >= 15 is 0 Å². The average Bonchev–Trinajstić information content (AvgIpc) is 2.03. The third-order valence-corrected chi connectivity index (χ3v) is 2.75. The second kappa shape index (κ2) is 3.51. The average molecular weight is 224 g/mol. The van der Waals surface area contributed by atoms with Crippen molar-refractivity contribution in [2.45, 2.75) is 4.90 Å². The van der Waals surface area contributed by atoms with Crippen LogP contribution in [0.1, 0.15) is 0 Å². The summed E-state index contributed by atoms with van der Waals surface area (Å²) in [5.41, 5.74) is -0.391. The fraction of sp³-hybridized carbons (Fsp3) is 0. The first-order valence-electron chi connectivity index (χ1n) is 3.14. The van der Waals surface area contributed by atoms with Crippen molar-refractivity contribution < 1.29 is 14.0 Å². The van der Waals surface area contributed by atoms with Crippen LogP contribution in [-0.2, 0) is 0 Å². The molecule has 0 unspecified atom stereocenters. The van der Waals surface area contributed by atoms with Gasteiger partial charge in [0.1, 0.15) is 0 Å². The van der Waals surface area contributed by atoms with Crippen LogP contribution in [0.2, 0.25) is 0 Å². The first-order valence-corrected chi connectivity index (χ1v) is 5.51. The molecule has 13 heavy (non-hydrogen) atoms. The van der Waals surface area contributed by atoms with Gasteiger partial charge < -0.3 is 0 Å². The summed E-state index contributed by atoms with van der Waals surface area (Å²) in [6, 6.07) is 5.23. The second-order valence-electron chi connectivity index (χ2n) is 2.20. The Bertz CT molecular complexity index is 338. The Labute approximate surface area is 80.0 Å². The summed E-state index contributed by atoms with van der Waals surface area (Å²) in [6.07, 6.45) is 0. The maximum Gasteiger partial charge on any atom is 0.293 e. The number of hydrogen-bond donors (Lipinski definition) is 2. The van der Waals surface area contributed by atoms with Crippen LogP contribution in [0.5, 0.6) is 0 Å². The molecule has 0 heterocycles. The number of benzene rings is 1. The Kier molecular flexibility index (Phi) is 2.77. The predicted molar refractivity (Wildman–Crippen MR) is 50.1 cm³/mol. The maximum atomic E-state index is 10.4. The molecule has 1 rings (SSSR count). The Hall–Kier alpha value is -0.820. The van der Waals surface area contributed by atoms with E-state index in [1.165, 1.54) is 18.2 Å². The molecule has 5 nitrogen and oxygen atoms in total. The normalized spacial score (nSPS) is 12.5. The van der Waals surface area contributed by atoms with Gasteiger partial charge in [-0.2, -0.15) is 0 Å². The first kappa shape index (κ1) is 10.3. The molecule has 0 atom stereocenters. The Morgan fingerprint density at radius 1 is 1.38 bits per heavy atom. The van der Waals surface area contributed by atoms with Gasteiger partial charge in [0.2, 0.25) is 0 Å². The van der Waals surface area contributed by atoms with Gasteiger partial charge in [-0.25, -0.2) is 0 Å². The minimum absolute atomic E-state index is 0.262. The second-order valence-corrected chi connectivity index (χ2v) is 4.89. The molecular formula is C6H6ClNO4S. The molecule has 1 aromatic carbocycles. The highest BCUT2D eigenvalue weighted by Gasteiger charge is 2.23. The van der Waals surface area contributed by atoms with Crippen molar-refractivity contribution in [3.8, 4) is 0 Å². The van der Waals surface area contributed by atoms with Crippen molar-refractivity contribution in [2.75, 3.05) is 0 Å². The highest BCUT2D eigenvalue weighted by molar-refractivity contribution is 8.43. The van der Waals surface area contributed by atoms with Crippen LogP contribution in [0, 0.1) is 10.1 Å². The molecule has 0 aromatic heterocycles. The summed E-state index contributed by atoms with van der Waals surface area (Å²) in [7, 11) is 1.65. The number of nitro groups is 1. The van der Waals surface area contributed by atoms with Crippen LogP contribution in [0.4, 0.5) is 5.69 Å². The molecule has 2 N–H and O–H groups in total. The molecule has 0 radical (unpaired) electrons. The van der Waals surface area contributed by atoms with E-state index in [4.69, 9.17) is 19.8 Å². The molecule has 72 valence electrons. The molecule has 7 heteroatoms. The third kappa shape index (κ3) is 2.31. The van der Waals surface area contributed by atoms with Crippen molar-refractivity contribution in [3.63, 3.8) is 0 Å². The Morgan fingerprint density at radius 2 is 1.92 bits per heavy atom. The molecular weight excluding hydrogens is 218 g/mol. The van der Waals surface area contributed by atoms with E-state index in [0.717, 1.165) is 6.07 Å². The number of halogens is 1. The molecule has 0 spiro atoms. The zero-order chi connectivity index (χ0) is 10.1. The smallest absolute Gasteiger partial charge is 0.281 e. The van der Waals surface area contributed by atoms with Gasteiger partial charge in [0.05, 0.1) is 4.92 Å². The summed E-state index contributed by atoms with van der Waals surface area (Å²) >= 11 is 0. The lowest BCUT2D eigenvalue weighted by molar-refractivity contribution is -0.387. The lowest BCUT2D eigenvalue weighted by Crippen LogP contribution is -1.96. The van der Waals surface area contributed by atoms with E-state index in [0.29, 0.717) is 0 Å². The zero-order valence-corrected chi connectivity index (χ0v) is 7.83. The van der Waals surface area contributed by atoms with Crippen LogP contribution in [-0.4, -0.2) is 14.0 Å². The molecule has 0 amide bonds. The van der Waals surface area contributed by atoms with Gasteiger partial charge in [0.25, 0.3) is 5.69 Å². The van der Waals surface area contributed by atoms with E-state index in [1.54, 1.807) is 0 Å². The van der Waals surface area contributed by atoms with E-state index in [1.807, 2.05) is 0 Å². The summed E-state index contributed by atoms with van der Waals surface area (Å²) in [5, 5.41) is 10.4. The van der Waals surface area contributed by atoms with Gasteiger partial charge in [-0.05, 0) is 6.07 Å². The molecule has 0 saturated carbocycles. The van der Waals surface area contributed by atoms with Gasteiger partial charge in [0, 0.05) is 16.7 Å². The van der Waals surface area contributed by atoms with Crippen LogP contribution in [0.3, 0.4) is 0 Å². The molecule has 0 aliphatic heterocycles. The zero-order valence-electron chi connectivity index (χ0n) is 6.25. The maximum absolute atomic E-state index is 10.4. The van der Waals surface area contributed by atoms with Gasteiger partial charge in [-0.3, -0.25) is 19.2 Å². The third-order valence-electron chi connectivity index (χ3n) is 1.34. The number of para-hydroxylation sites is 1. The monoisotopic (exact) mass is 223 g/mol. The Balaban J connectivity index is 3.28. The van der Waals surface area contributed by atoms with Gasteiger partial charge >= 0.3 is 0 Å². The fourth-order valence-corrected chi connectivity index (χ4v) is 1.88. The van der Waals surface area contributed by atoms with E-state index in [-0.39, 0.29) is 4.90 Å². The van der Waals surface area contributed by atoms with Crippen LogP contribution in [0.25, 0.3) is 0 Å². The molecule has 0 saturated heterocycles. The minimum atomic E-state index is -3.55. The lowest BCUT2D eigenvalue weighted by Gasteiger charge is -2.21. The minimum Gasteiger partial charge on any atom is -0.281 e. The molecule has 0 fully saturated rings. The van der Waals surface area contributed by atoms with E-state index in [9.17, 15) is 10.1 Å². The molecule has 1 aromatic rings. The number of nitrogens with zero attached hydrogens (tertiary/aromatic N) is 1. The summed E-state index contributed by atoms with van der Waals surface area (Å²) < 4.78 is 18.0. The summed E-state index contributed by atoms with van der Waals surface area (Å²) in [4.78, 5) is 9.43. The van der Waals surface area contributed by atoms with Gasteiger partial charge in [0.15, 0.2) is 4.90 Å². The van der Waals surface area contributed by atoms with Crippen molar-refractivity contribution in [1.82, 2.24) is 0 Å². The molecule has 0 aliphatic carbocycles. The van der Waals surface area contributed by atoms with Crippen molar-refractivity contribution in [1.29, 1.82) is 0 Å². The van der Waals surface area contributed by atoms with Crippen LogP contribution >= 0.6 is 20.5 Å². The van der Waals surface area contributed by atoms with Crippen molar-refractivity contribution in [2.24, 2.45) is 0 Å². The summed E-state index contributed by atoms with van der Waals surface area (Å²) in [6.45, 7) is 0. The lowest BCUT2D eigenvalue weighted by atomic mass is 10.3.